The van der Waals surface area contributed by atoms with Gasteiger partial charge in [0, 0.05) is 18.1 Å². The van der Waals surface area contributed by atoms with Gasteiger partial charge in [-0.15, -0.1) is 11.3 Å². The van der Waals surface area contributed by atoms with Gasteiger partial charge in [-0.05, 0) is 42.3 Å². The van der Waals surface area contributed by atoms with Gasteiger partial charge in [-0.3, -0.25) is 9.59 Å². The number of thiophene rings is 1. The van der Waals surface area contributed by atoms with Gasteiger partial charge >= 0.3 is 6.09 Å². The molecular weight excluding hydrogens is 516 g/mol. The molecule has 198 valence electrons. The highest BCUT2D eigenvalue weighted by molar-refractivity contribution is 7.89. The molecule has 2 aromatic rings. The molecule has 2 aromatic heterocycles. The maximum atomic E-state index is 13.8. The average molecular weight is 547 g/mol. The third-order valence-corrected chi connectivity index (χ3v) is 9.91. The zero-order chi connectivity index (χ0) is 26.0. The fourth-order valence-electron chi connectivity index (χ4n) is 5.73. The number of nitrogens with zero attached hydrogens (tertiary/aromatic N) is 3. The van der Waals surface area contributed by atoms with Gasteiger partial charge in [0.15, 0.2) is 10.8 Å². The normalized spacial score (nSPS) is 23.6. The molecule has 2 saturated heterocycles. The number of amides is 2. The van der Waals surface area contributed by atoms with E-state index in [0.29, 0.717) is 18.6 Å². The second kappa shape index (κ2) is 10.9. The number of carbonyl (C=O) groups is 3. The van der Waals surface area contributed by atoms with Gasteiger partial charge in [-0.25, -0.2) is 18.2 Å². The van der Waals surface area contributed by atoms with Crippen molar-refractivity contribution in [3.05, 3.63) is 41.2 Å². The van der Waals surface area contributed by atoms with E-state index in [-0.39, 0.29) is 35.7 Å². The molecule has 2 aliphatic heterocycles. The summed E-state index contributed by atoms with van der Waals surface area (Å²) >= 11 is 1.39. The van der Waals surface area contributed by atoms with Crippen molar-refractivity contribution in [1.82, 2.24) is 19.5 Å². The van der Waals surface area contributed by atoms with Crippen LogP contribution in [0.5, 0.6) is 5.75 Å². The van der Waals surface area contributed by atoms with Crippen molar-refractivity contribution in [2.45, 2.75) is 68.1 Å². The summed E-state index contributed by atoms with van der Waals surface area (Å²) in [5, 5.41) is 6.09. The summed E-state index contributed by atoms with van der Waals surface area (Å²) in [6, 6.07) is 3.87. The minimum Gasteiger partial charge on any atom is -0.409 e. The van der Waals surface area contributed by atoms with Crippen molar-refractivity contribution >= 4 is 39.1 Å². The molecule has 0 spiro atoms. The Morgan fingerprint density at radius 2 is 1.97 bits per heavy atom. The van der Waals surface area contributed by atoms with Crippen LogP contribution in [0.25, 0.3) is 0 Å². The quantitative estimate of drug-likeness (QED) is 0.566. The lowest BCUT2D eigenvalue weighted by molar-refractivity contribution is -0.138. The number of nitrogens with one attached hydrogen (secondary N) is 1. The van der Waals surface area contributed by atoms with Gasteiger partial charge in [0.25, 0.3) is 10.0 Å². The van der Waals surface area contributed by atoms with Crippen LogP contribution in [0, 0.1) is 5.92 Å². The number of ketones is 1. The first-order valence-electron chi connectivity index (χ1n) is 12.6. The Kier molecular flexibility index (Phi) is 7.59. The van der Waals surface area contributed by atoms with E-state index < -0.39 is 34.2 Å². The number of sulfonamides is 1. The molecule has 1 saturated carbocycles. The van der Waals surface area contributed by atoms with Gasteiger partial charge in [0.1, 0.15) is 17.8 Å². The molecule has 4 heterocycles. The van der Waals surface area contributed by atoms with E-state index in [1.54, 1.807) is 29.0 Å². The molecule has 3 unspecified atom stereocenters. The Balaban J connectivity index is 1.34. The number of ether oxygens (including phenoxy) is 1. The number of likely N-dealkylation sites (tertiary alicyclic amines) is 1. The smallest absolute Gasteiger partial charge is 0.409 e. The van der Waals surface area contributed by atoms with Crippen LogP contribution >= 0.6 is 11.3 Å². The minimum atomic E-state index is -3.99. The van der Waals surface area contributed by atoms with E-state index in [2.05, 4.69) is 10.3 Å². The number of hydrogen-bond acceptors (Lipinski definition) is 8. The van der Waals surface area contributed by atoms with Crippen molar-refractivity contribution < 1.29 is 27.5 Å². The Morgan fingerprint density at radius 3 is 2.68 bits per heavy atom. The molecule has 12 heteroatoms. The molecule has 3 fully saturated rings. The molecule has 3 atom stereocenters. The molecular formula is C25H30N4O6S2. The highest BCUT2D eigenvalue weighted by Crippen LogP contribution is 2.35. The molecule has 2 amide bonds. The third-order valence-electron chi connectivity index (χ3n) is 7.46. The number of carbonyl (C=O) groups excluding carboxylic acids is 3. The molecule has 1 aliphatic carbocycles. The first-order chi connectivity index (χ1) is 17.8. The molecule has 37 heavy (non-hydrogen) atoms. The highest BCUT2D eigenvalue weighted by Gasteiger charge is 2.54. The van der Waals surface area contributed by atoms with E-state index in [1.165, 1.54) is 32.8 Å². The van der Waals surface area contributed by atoms with Crippen molar-refractivity contribution in [1.29, 1.82) is 0 Å². The zero-order valence-corrected chi connectivity index (χ0v) is 22.0. The largest absolute Gasteiger partial charge is 0.413 e. The van der Waals surface area contributed by atoms with Gasteiger partial charge in [0.2, 0.25) is 5.91 Å². The Labute approximate surface area is 220 Å². The first-order valence-corrected chi connectivity index (χ1v) is 15.0. The van der Waals surface area contributed by atoms with Crippen LogP contribution < -0.4 is 10.1 Å². The maximum absolute atomic E-state index is 13.8. The molecule has 3 aliphatic rings. The third kappa shape index (κ3) is 5.41. The van der Waals surface area contributed by atoms with Gasteiger partial charge in [0.05, 0.1) is 12.6 Å². The molecule has 10 nitrogen and oxygen atoms in total. The summed E-state index contributed by atoms with van der Waals surface area (Å²) in [5.41, 5.74) is 0. The summed E-state index contributed by atoms with van der Waals surface area (Å²) in [6.07, 6.45) is 6.74. The van der Waals surface area contributed by atoms with E-state index in [9.17, 15) is 22.8 Å². The second-order valence-electron chi connectivity index (χ2n) is 9.80. The summed E-state index contributed by atoms with van der Waals surface area (Å²) in [7, 11) is -3.99. The average Bonchev–Trinajstić information content (AvgIpc) is 3.64. The van der Waals surface area contributed by atoms with Crippen LogP contribution in [-0.4, -0.2) is 71.6 Å². The van der Waals surface area contributed by atoms with E-state index in [1.807, 2.05) is 0 Å². The molecule has 5 rings (SSSR count). The lowest BCUT2D eigenvalue weighted by Crippen LogP contribution is -2.53. The fraction of sp³-hybridized carbons (Fsp3) is 0.520. The number of hydrogen-bond donors (Lipinski definition) is 1. The zero-order valence-electron chi connectivity index (χ0n) is 20.3. The summed E-state index contributed by atoms with van der Waals surface area (Å²) in [5.74, 6) is -0.0183. The number of Topliss-reactive ketones (excluding diaryl/α,β-unsaturated/α-hetero) is 1. The lowest BCUT2D eigenvalue weighted by Gasteiger charge is -2.31. The molecule has 0 radical (unpaired) electrons. The number of fused-ring (bicyclic) bond motifs is 1. The van der Waals surface area contributed by atoms with Crippen LogP contribution in [0.1, 0.15) is 44.9 Å². The van der Waals surface area contributed by atoms with Crippen molar-refractivity contribution in [2.24, 2.45) is 5.92 Å². The Hall–Kier alpha value is -2.83. The van der Waals surface area contributed by atoms with Crippen LogP contribution in [0.4, 0.5) is 4.79 Å². The Bertz CT molecular complexity index is 1230. The minimum absolute atomic E-state index is 0.124. The van der Waals surface area contributed by atoms with Gasteiger partial charge in [-0.2, -0.15) is 4.31 Å². The van der Waals surface area contributed by atoms with Crippen LogP contribution in [-0.2, 0) is 19.6 Å². The van der Waals surface area contributed by atoms with Gasteiger partial charge in [-0.1, -0.05) is 38.2 Å². The highest BCUT2D eigenvalue weighted by atomic mass is 32.2. The number of pyridine rings is 1. The van der Waals surface area contributed by atoms with E-state index in [0.717, 1.165) is 32.1 Å². The summed E-state index contributed by atoms with van der Waals surface area (Å²) in [6.45, 7) is -0.0739. The lowest BCUT2D eigenvalue weighted by atomic mass is 9.84. The number of rotatable bonds is 7. The molecule has 1 N–H and O–H groups in total. The van der Waals surface area contributed by atoms with Crippen LogP contribution in [0.15, 0.2) is 46.2 Å². The SMILES string of the molecule is O=C(NC(CC1CCCCC1)C(=O)N1CCC2C1C(=O)CN2S(=O)(=O)c1ccccn1)Oc1ccsc1. The summed E-state index contributed by atoms with van der Waals surface area (Å²) < 4.78 is 33.0. The van der Waals surface area contributed by atoms with E-state index >= 15 is 0 Å². The van der Waals surface area contributed by atoms with Crippen LogP contribution in [0.2, 0.25) is 0 Å². The van der Waals surface area contributed by atoms with Crippen molar-refractivity contribution in [3.8, 4) is 5.75 Å². The van der Waals surface area contributed by atoms with Crippen molar-refractivity contribution in [3.63, 3.8) is 0 Å². The number of aromatic nitrogens is 1. The second-order valence-corrected chi connectivity index (χ2v) is 12.4. The topological polar surface area (TPSA) is 126 Å². The summed E-state index contributed by atoms with van der Waals surface area (Å²) in [4.78, 5) is 44.9. The van der Waals surface area contributed by atoms with E-state index in [4.69, 9.17) is 4.74 Å². The maximum Gasteiger partial charge on any atom is 0.413 e. The predicted molar refractivity (Wildman–Crippen MR) is 136 cm³/mol. The predicted octanol–water partition coefficient (Wildman–Crippen LogP) is 2.81. The van der Waals surface area contributed by atoms with Crippen molar-refractivity contribution in [2.75, 3.05) is 13.1 Å². The van der Waals surface area contributed by atoms with Crippen LogP contribution in [0.3, 0.4) is 0 Å². The Morgan fingerprint density at radius 1 is 1.16 bits per heavy atom. The molecule has 0 aromatic carbocycles. The monoisotopic (exact) mass is 546 g/mol. The molecule has 0 bridgehead atoms. The first kappa shape index (κ1) is 25.8. The standard InChI is InChI=1S/C25H30N4O6S2/c30-21-15-29(37(33,34)22-8-4-5-11-26-22)20-9-12-28(23(20)21)24(31)19(14-17-6-2-1-3-7-17)27-25(32)35-18-10-13-36-16-18/h4-5,8,10-11,13,16-17,19-20,23H,1-3,6-7,9,12,14-15H2,(H,27,32). The fourth-order valence-corrected chi connectivity index (χ4v) is 7.84. The van der Waals surface area contributed by atoms with Gasteiger partial charge < -0.3 is 15.0 Å².